The summed E-state index contributed by atoms with van der Waals surface area (Å²) < 4.78 is 0. The Labute approximate surface area is 110 Å². The van der Waals surface area contributed by atoms with E-state index < -0.39 is 0 Å². The molecule has 0 aromatic carbocycles. The van der Waals surface area contributed by atoms with Gasteiger partial charge in [0.05, 0.1) is 11.6 Å². The van der Waals surface area contributed by atoms with E-state index in [9.17, 15) is 4.79 Å². The van der Waals surface area contributed by atoms with Gasteiger partial charge in [0.15, 0.2) is 0 Å². The van der Waals surface area contributed by atoms with Crippen molar-refractivity contribution in [3.63, 3.8) is 0 Å². The van der Waals surface area contributed by atoms with Crippen LogP contribution in [0.25, 0.3) is 0 Å². The van der Waals surface area contributed by atoms with Crippen LogP contribution in [0.5, 0.6) is 0 Å². The molecule has 2 aliphatic heterocycles. The Morgan fingerprint density at radius 3 is 2.50 bits per heavy atom. The number of piperidine rings is 2. The van der Waals surface area contributed by atoms with Crippen molar-refractivity contribution >= 4 is 5.91 Å². The van der Waals surface area contributed by atoms with Gasteiger partial charge in [0.25, 0.3) is 0 Å². The van der Waals surface area contributed by atoms with E-state index in [0.717, 1.165) is 19.5 Å². The molecule has 0 aromatic heterocycles. The molecule has 3 rings (SSSR count). The Morgan fingerprint density at radius 1 is 1.17 bits per heavy atom. The molecule has 1 N–H and O–H groups in total. The van der Waals surface area contributed by atoms with E-state index in [-0.39, 0.29) is 16.7 Å². The van der Waals surface area contributed by atoms with E-state index in [0.29, 0.717) is 12.1 Å². The second kappa shape index (κ2) is 3.96. The molecule has 1 saturated carbocycles. The summed E-state index contributed by atoms with van der Waals surface area (Å²) in [6, 6.07) is 0. The molecule has 2 bridgehead atoms. The van der Waals surface area contributed by atoms with Crippen molar-refractivity contribution in [2.45, 2.75) is 59.0 Å². The zero-order chi connectivity index (χ0) is 13.0. The summed E-state index contributed by atoms with van der Waals surface area (Å²) in [5.74, 6) is 0.912. The predicted octanol–water partition coefficient (Wildman–Crippen LogP) is 2.37. The van der Waals surface area contributed by atoms with Crippen LogP contribution in [-0.4, -0.2) is 30.1 Å². The van der Waals surface area contributed by atoms with Crippen molar-refractivity contribution < 1.29 is 4.79 Å². The molecule has 3 heteroatoms. The van der Waals surface area contributed by atoms with Crippen molar-refractivity contribution in [3.8, 4) is 0 Å². The van der Waals surface area contributed by atoms with Crippen LogP contribution in [0.15, 0.2) is 0 Å². The Hall–Kier alpha value is -0.570. The first-order valence-corrected chi connectivity index (χ1v) is 7.52. The van der Waals surface area contributed by atoms with Crippen molar-refractivity contribution in [2.24, 2.45) is 16.7 Å². The van der Waals surface area contributed by atoms with Crippen molar-refractivity contribution in [2.75, 3.05) is 13.1 Å². The van der Waals surface area contributed by atoms with Gasteiger partial charge in [-0.05, 0) is 37.0 Å². The minimum absolute atomic E-state index is 0.136. The number of likely N-dealkylation sites (tertiary alicyclic amines) is 1. The summed E-state index contributed by atoms with van der Waals surface area (Å²) >= 11 is 0. The van der Waals surface area contributed by atoms with Gasteiger partial charge in [-0.3, -0.25) is 9.69 Å². The molecule has 3 aliphatic rings. The summed E-state index contributed by atoms with van der Waals surface area (Å²) in [5, 5.41) is 3.33. The standard InChI is InChI=1S/C15H26N2O/c1-14(2)11-7-8-15(14,3)13(18)16-12(11)17-9-5-4-6-10-17/h11-12H,4-10H2,1-3H3,(H,16,18)/t11-,12-,15+/m1/s1. The highest BCUT2D eigenvalue weighted by Gasteiger charge is 2.62. The van der Waals surface area contributed by atoms with Gasteiger partial charge in [-0.2, -0.15) is 0 Å². The van der Waals surface area contributed by atoms with Crippen molar-refractivity contribution in [1.29, 1.82) is 0 Å². The first-order valence-electron chi connectivity index (χ1n) is 7.52. The molecule has 1 aliphatic carbocycles. The Morgan fingerprint density at radius 2 is 1.83 bits per heavy atom. The lowest BCUT2D eigenvalue weighted by Gasteiger charge is -2.52. The van der Waals surface area contributed by atoms with Gasteiger partial charge in [0, 0.05) is 13.1 Å². The number of nitrogens with zero attached hydrogens (tertiary/aromatic N) is 1. The smallest absolute Gasteiger partial charge is 0.227 e. The second-order valence-electron chi connectivity index (χ2n) is 7.21. The van der Waals surface area contributed by atoms with Crippen LogP contribution in [0.1, 0.15) is 52.9 Å². The third-order valence-corrected chi connectivity index (χ3v) is 6.25. The summed E-state index contributed by atoms with van der Waals surface area (Å²) in [4.78, 5) is 15.0. The van der Waals surface area contributed by atoms with Crippen molar-refractivity contribution in [1.82, 2.24) is 10.2 Å². The molecule has 0 radical (unpaired) electrons. The van der Waals surface area contributed by atoms with E-state index in [1.54, 1.807) is 0 Å². The molecule has 3 atom stereocenters. The average Bonchev–Trinajstić information content (AvgIpc) is 2.51. The molecule has 18 heavy (non-hydrogen) atoms. The molecule has 0 spiro atoms. The second-order valence-corrected chi connectivity index (χ2v) is 7.21. The topological polar surface area (TPSA) is 32.3 Å². The van der Waals surface area contributed by atoms with Gasteiger partial charge in [-0.25, -0.2) is 0 Å². The van der Waals surface area contributed by atoms with Crippen LogP contribution < -0.4 is 5.32 Å². The lowest BCUT2D eigenvalue weighted by atomic mass is 9.62. The number of carbonyl (C=O) groups is 1. The number of fused-ring (bicyclic) bond motifs is 2. The molecular formula is C15H26N2O. The maximum Gasteiger partial charge on any atom is 0.227 e. The molecule has 2 heterocycles. The van der Waals surface area contributed by atoms with Crippen LogP contribution >= 0.6 is 0 Å². The molecule has 0 unspecified atom stereocenters. The molecule has 2 saturated heterocycles. The number of carbonyl (C=O) groups excluding carboxylic acids is 1. The maximum absolute atomic E-state index is 12.5. The molecule has 3 nitrogen and oxygen atoms in total. The highest BCUT2D eigenvalue weighted by Crippen LogP contribution is 2.59. The normalized spacial score (nSPS) is 43.8. The molecular weight excluding hydrogens is 224 g/mol. The summed E-state index contributed by atoms with van der Waals surface area (Å²) in [6.45, 7) is 9.10. The number of hydrogen-bond acceptors (Lipinski definition) is 2. The first-order chi connectivity index (χ1) is 8.47. The summed E-state index contributed by atoms with van der Waals surface area (Å²) in [6.07, 6.45) is 6.48. The van der Waals surface area contributed by atoms with Crippen LogP contribution in [-0.2, 0) is 4.79 Å². The summed E-state index contributed by atoms with van der Waals surface area (Å²) in [5.41, 5.74) is -0.0125. The number of amides is 1. The third-order valence-electron chi connectivity index (χ3n) is 6.25. The van der Waals surface area contributed by atoms with Gasteiger partial charge in [-0.1, -0.05) is 27.2 Å². The van der Waals surface area contributed by atoms with Crippen LogP contribution in [0.2, 0.25) is 0 Å². The fourth-order valence-electron chi connectivity index (χ4n) is 4.43. The van der Waals surface area contributed by atoms with Crippen LogP contribution in [0.4, 0.5) is 0 Å². The number of hydrogen-bond donors (Lipinski definition) is 1. The van der Waals surface area contributed by atoms with Crippen LogP contribution in [0, 0.1) is 16.7 Å². The average molecular weight is 250 g/mol. The number of nitrogens with one attached hydrogen (secondary N) is 1. The predicted molar refractivity (Wildman–Crippen MR) is 72.0 cm³/mol. The molecule has 102 valence electrons. The van der Waals surface area contributed by atoms with E-state index in [4.69, 9.17) is 0 Å². The van der Waals surface area contributed by atoms with Gasteiger partial charge in [0.2, 0.25) is 5.91 Å². The minimum Gasteiger partial charge on any atom is -0.340 e. The van der Waals surface area contributed by atoms with E-state index in [2.05, 4.69) is 31.0 Å². The third kappa shape index (κ3) is 1.49. The largest absolute Gasteiger partial charge is 0.340 e. The van der Waals surface area contributed by atoms with E-state index in [1.807, 2.05) is 0 Å². The minimum atomic E-state index is -0.149. The monoisotopic (exact) mass is 250 g/mol. The quantitative estimate of drug-likeness (QED) is 0.775. The Kier molecular flexibility index (Phi) is 2.74. The summed E-state index contributed by atoms with van der Waals surface area (Å²) in [7, 11) is 0. The maximum atomic E-state index is 12.5. The highest BCUT2D eigenvalue weighted by molar-refractivity contribution is 5.85. The number of rotatable bonds is 1. The SMILES string of the molecule is CC1(C)[C@@H]2CC[C@@]1(C)C(=O)N[C@@H]2N1CCCCC1. The van der Waals surface area contributed by atoms with Gasteiger partial charge < -0.3 is 5.32 Å². The van der Waals surface area contributed by atoms with E-state index in [1.165, 1.54) is 25.7 Å². The van der Waals surface area contributed by atoms with Crippen molar-refractivity contribution in [3.05, 3.63) is 0 Å². The zero-order valence-electron chi connectivity index (χ0n) is 12.0. The van der Waals surface area contributed by atoms with E-state index >= 15 is 0 Å². The first kappa shape index (κ1) is 12.5. The fourth-order valence-corrected chi connectivity index (χ4v) is 4.43. The van der Waals surface area contributed by atoms with Gasteiger partial charge >= 0.3 is 0 Å². The fraction of sp³-hybridized carbons (Fsp3) is 0.933. The van der Waals surface area contributed by atoms with Gasteiger partial charge in [0.1, 0.15) is 0 Å². The van der Waals surface area contributed by atoms with Gasteiger partial charge in [-0.15, -0.1) is 0 Å². The lowest BCUT2D eigenvalue weighted by molar-refractivity contribution is -0.148. The zero-order valence-corrected chi connectivity index (χ0v) is 12.0. The molecule has 1 amide bonds. The Balaban J connectivity index is 1.88. The molecule has 0 aromatic rings. The molecule has 3 fully saturated rings. The Bertz CT molecular complexity index is 360. The highest BCUT2D eigenvalue weighted by atomic mass is 16.2. The lowest BCUT2D eigenvalue weighted by Crippen LogP contribution is -2.64. The van der Waals surface area contributed by atoms with Crippen LogP contribution in [0.3, 0.4) is 0 Å².